The molecule has 9 heteroatoms. The van der Waals surface area contributed by atoms with Gasteiger partial charge in [0.05, 0.1) is 18.4 Å². The Morgan fingerprint density at radius 1 is 1.18 bits per heavy atom. The van der Waals surface area contributed by atoms with Crippen LogP contribution in [0.1, 0.15) is 83.9 Å². The molecule has 1 amide bonds. The quantitative estimate of drug-likeness (QED) is 0.233. The highest BCUT2D eigenvalue weighted by Gasteiger charge is 2.27. The van der Waals surface area contributed by atoms with Crippen molar-refractivity contribution in [3.05, 3.63) is 34.5 Å². The molecule has 7 nitrogen and oxygen atoms in total. The zero-order valence-electron chi connectivity index (χ0n) is 19.2. The number of thiophene rings is 1. The maximum atomic E-state index is 12.9. The summed E-state index contributed by atoms with van der Waals surface area (Å²) < 4.78 is 7.13. The first kappa shape index (κ1) is 24.0. The third-order valence-electron chi connectivity index (χ3n) is 6.42. The number of thioether (sulfide) groups is 1. The number of carbonyl (C=O) groups excluding carboxylic acids is 2. The van der Waals surface area contributed by atoms with Gasteiger partial charge in [0.1, 0.15) is 10.8 Å². The normalized spacial score (nSPS) is 16.6. The molecule has 1 N–H and O–H groups in total. The number of ether oxygens (including phenoxy) is 1. The van der Waals surface area contributed by atoms with Crippen LogP contribution >= 0.6 is 23.1 Å². The lowest BCUT2D eigenvalue weighted by molar-refractivity contribution is -0.113. The van der Waals surface area contributed by atoms with Crippen LogP contribution in [0.3, 0.4) is 0 Å². The topological polar surface area (TPSA) is 86.1 Å². The Bertz CT molecular complexity index is 1010. The van der Waals surface area contributed by atoms with Gasteiger partial charge in [0.25, 0.3) is 0 Å². The Kier molecular flexibility index (Phi) is 8.25. The Balaban J connectivity index is 1.46. The molecule has 0 saturated heterocycles. The Labute approximate surface area is 203 Å². The van der Waals surface area contributed by atoms with E-state index in [0.717, 1.165) is 61.5 Å². The molecule has 2 aliphatic rings. The van der Waals surface area contributed by atoms with Crippen molar-refractivity contribution in [2.24, 2.45) is 0 Å². The van der Waals surface area contributed by atoms with E-state index in [-0.39, 0.29) is 17.6 Å². The van der Waals surface area contributed by atoms with Gasteiger partial charge < -0.3 is 14.6 Å². The molecule has 4 rings (SSSR count). The number of aromatic nitrogens is 3. The number of amides is 1. The molecule has 33 heavy (non-hydrogen) atoms. The number of nitrogens with one attached hydrogen (secondary N) is 1. The highest BCUT2D eigenvalue weighted by Crippen LogP contribution is 2.38. The zero-order chi connectivity index (χ0) is 23.2. The van der Waals surface area contributed by atoms with Crippen LogP contribution in [0.5, 0.6) is 0 Å². The maximum absolute atomic E-state index is 12.9. The Morgan fingerprint density at radius 3 is 2.70 bits per heavy atom. The second-order valence-corrected chi connectivity index (χ2v) is 10.7. The molecule has 1 fully saturated rings. The zero-order valence-corrected chi connectivity index (χ0v) is 20.9. The third-order valence-corrected chi connectivity index (χ3v) is 8.60. The van der Waals surface area contributed by atoms with Gasteiger partial charge in [-0.3, -0.25) is 4.79 Å². The molecule has 0 aromatic carbocycles. The highest BCUT2D eigenvalue weighted by atomic mass is 32.2. The largest absolute Gasteiger partial charge is 0.465 e. The van der Waals surface area contributed by atoms with Crippen LogP contribution in [0.25, 0.3) is 0 Å². The van der Waals surface area contributed by atoms with Crippen LogP contribution in [0, 0.1) is 0 Å². The SMILES string of the molecule is C=CCn1c(SCC(=O)Nc2sc3c(c2C(=O)OC)CCCCC3)nnc1C1CCCCC1. The van der Waals surface area contributed by atoms with E-state index in [1.807, 2.05) is 6.08 Å². The smallest absolute Gasteiger partial charge is 0.341 e. The number of rotatable bonds is 8. The van der Waals surface area contributed by atoms with Crippen LogP contribution in [-0.4, -0.2) is 39.5 Å². The molecule has 2 heterocycles. The van der Waals surface area contributed by atoms with Crippen molar-refractivity contribution in [3.8, 4) is 0 Å². The summed E-state index contributed by atoms with van der Waals surface area (Å²) in [5.41, 5.74) is 1.59. The minimum Gasteiger partial charge on any atom is -0.465 e. The first-order chi connectivity index (χ1) is 16.1. The number of carbonyl (C=O) groups is 2. The Morgan fingerprint density at radius 2 is 1.94 bits per heavy atom. The lowest BCUT2D eigenvalue weighted by Gasteiger charge is -2.21. The van der Waals surface area contributed by atoms with Crippen molar-refractivity contribution in [3.63, 3.8) is 0 Å². The number of aryl methyl sites for hydroxylation is 1. The van der Waals surface area contributed by atoms with Gasteiger partial charge in [-0.05, 0) is 44.1 Å². The van der Waals surface area contributed by atoms with Gasteiger partial charge in [-0.2, -0.15) is 0 Å². The number of anilines is 1. The highest BCUT2D eigenvalue weighted by molar-refractivity contribution is 7.99. The fourth-order valence-corrected chi connectivity index (χ4v) is 6.86. The fourth-order valence-electron chi connectivity index (χ4n) is 4.81. The average Bonchev–Trinajstić information content (AvgIpc) is 3.30. The minimum atomic E-state index is -0.375. The van der Waals surface area contributed by atoms with Crippen molar-refractivity contribution < 1.29 is 14.3 Å². The van der Waals surface area contributed by atoms with E-state index in [1.165, 1.54) is 54.3 Å². The predicted molar refractivity (Wildman–Crippen MR) is 132 cm³/mol. The number of nitrogens with zero attached hydrogens (tertiary/aromatic N) is 3. The van der Waals surface area contributed by atoms with E-state index in [1.54, 1.807) is 0 Å². The van der Waals surface area contributed by atoms with Crippen molar-refractivity contribution in [1.29, 1.82) is 0 Å². The molecule has 2 aromatic heterocycles. The Hall–Kier alpha value is -2.13. The van der Waals surface area contributed by atoms with E-state index in [0.29, 0.717) is 23.0 Å². The summed E-state index contributed by atoms with van der Waals surface area (Å²) in [5.74, 6) is 1.10. The van der Waals surface area contributed by atoms with E-state index >= 15 is 0 Å². The van der Waals surface area contributed by atoms with E-state index in [4.69, 9.17) is 4.74 Å². The summed E-state index contributed by atoms with van der Waals surface area (Å²) in [7, 11) is 1.39. The molecular formula is C24H32N4O3S2. The van der Waals surface area contributed by atoms with Crippen molar-refractivity contribution in [1.82, 2.24) is 14.8 Å². The summed E-state index contributed by atoms with van der Waals surface area (Å²) >= 11 is 2.89. The molecule has 0 radical (unpaired) electrons. The molecule has 2 aromatic rings. The van der Waals surface area contributed by atoms with Crippen molar-refractivity contribution in [2.45, 2.75) is 81.8 Å². The number of esters is 1. The van der Waals surface area contributed by atoms with Crippen molar-refractivity contribution in [2.75, 3.05) is 18.2 Å². The van der Waals surface area contributed by atoms with Gasteiger partial charge >= 0.3 is 5.97 Å². The molecule has 2 aliphatic carbocycles. The van der Waals surface area contributed by atoms with Crippen LogP contribution in [-0.2, 0) is 28.9 Å². The van der Waals surface area contributed by atoms with Crippen LogP contribution in [0.15, 0.2) is 17.8 Å². The number of hydrogen-bond donors (Lipinski definition) is 1. The summed E-state index contributed by atoms with van der Waals surface area (Å²) in [5, 5.41) is 13.2. The van der Waals surface area contributed by atoms with Crippen LogP contribution < -0.4 is 5.32 Å². The predicted octanol–water partition coefficient (Wildman–Crippen LogP) is 5.36. The molecule has 0 unspecified atom stereocenters. The van der Waals surface area contributed by atoms with Gasteiger partial charge in [0.2, 0.25) is 5.91 Å². The van der Waals surface area contributed by atoms with Gasteiger partial charge in [0, 0.05) is 17.3 Å². The fraction of sp³-hybridized carbons (Fsp3) is 0.583. The first-order valence-electron chi connectivity index (χ1n) is 11.8. The molecule has 0 atom stereocenters. The maximum Gasteiger partial charge on any atom is 0.341 e. The van der Waals surface area contributed by atoms with Gasteiger partial charge in [-0.1, -0.05) is 43.5 Å². The lowest BCUT2D eigenvalue weighted by Crippen LogP contribution is -2.17. The van der Waals surface area contributed by atoms with Gasteiger partial charge in [-0.25, -0.2) is 4.79 Å². The first-order valence-corrected chi connectivity index (χ1v) is 13.6. The van der Waals surface area contributed by atoms with Gasteiger partial charge in [-0.15, -0.1) is 28.1 Å². The molecular weight excluding hydrogens is 456 g/mol. The number of allylic oxidation sites excluding steroid dienone is 1. The second-order valence-electron chi connectivity index (χ2n) is 8.67. The molecule has 0 aliphatic heterocycles. The van der Waals surface area contributed by atoms with E-state index in [2.05, 4.69) is 26.7 Å². The monoisotopic (exact) mass is 488 g/mol. The number of hydrogen-bond acceptors (Lipinski definition) is 7. The molecule has 0 bridgehead atoms. The van der Waals surface area contributed by atoms with Crippen LogP contribution in [0.2, 0.25) is 0 Å². The van der Waals surface area contributed by atoms with Gasteiger partial charge in [0.15, 0.2) is 5.16 Å². The summed E-state index contributed by atoms with van der Waals surface area (Å²) in [6.45, 7) is 4.51. The molecule has 0 spiro atoms. The molecule has 178 valence electrons. The van der Waals surface area contributed by atoms with Crippen LogP contribution in [0.4, 0.5) is 5.00 Å². The lowest BCUT2D eigenvalue weighted by atomic mass is 9.89. The van der Waals surface area contributed by atoms with Crippen molar-refractivity contribution >= 4 is 40.0 Å². The second kappa shape index (κ2) is 11.3. The summed E-state index contributed by atoms with van der Waals surface area (Å²) in [4.78, 5) is 26.6. The molecule has 1 saturated carbocycles. The number of methoxy groups -OCH3 is 1. The standard InChI is InChI=1S/C24H32N4O3S2/c1-3-14-28-21(16-10-6-4-7-11-16)26-27-24(28)32-15-19(29)25-22-20(23(30)31-2)17-12-8-5-9-13-18(17)33-22/h3,16H,1,4-15H2,2H3,(H,25,29). The number of fused-ring (bicyclic) bond motifs is 1. The third kappa shape index (κ3) is 5.51. The summed E-state index contributed by atoms with van der Waals surface area (Å²) in [6.07, 6.45) is 13.0. The minimum absolute atomic E-state index is 0.158. The average molecular weight is 489 g/mol. The van der Waals surface area contributed by atoms with E-state index in [9.17, 15) is 9.59 Å². The van der Waals surface area contributed by atoms with E-state index < -0.39 is 0 Å². The summed E-state index contributed by atoms with van der Waals surface area (Å²) in [6, 6.07) is 0.